The topological polar surface area (TPSA) is 34.1 Å². The Morgan fingerprint density at radius 1 is 0.590 bits per heavy atom. The molecule has 0 heterocycles. The van der Waals surface area contributed by atoms with Crippen molar-refractivity contribution in [3.05, 3.63) is 180 Å². The Hall–Kier alpha value is -5.08. The molecule has 4 aromatic carbocycles. The minimum absolute atomic E-state index is 0.00725. The first kappa shape index (κ1) is 25.6. The highest BCUT2D eigenvalue weighted by Crippen LogP contribution is 2.49. The lowest BCUT2D eigenvalue weighted by atomic mass is 9.88. The number of benzene rings is 4. The van der Waals surface area contributed by atoms with Gasteiger partial charge in [0.2, 0.25) is 0 Å². The Kier molecular flexibility index (Phi) is 7.56. The summed E-state index contributed by atoms with van der Waals surface area (Å²) in [5, 5.41) is 0. The quantitative estimate of drug-likeness (QED) is 0.137. The van der Waals surface area contributed by atoms with Crippen LogP contribution in [0.2, 0.25) is 0 Å². The zero-order valence-corrected chi connectivity index (χ0v) is 21.8. The van der Waals surface area contributed by atoms with E-state index in [1.165, 1.54) is 0 Å². The SMILES string of the molecule is C=C/C=C\C(=C/C)C(=O)c1ccc(C2=C(c3ccccc3)C(=O)C(c3ccccc3)=C2c2ccccc2)cc1. The van der Waals surface area contributed by atoms with E-state index in [1.54, 1.807) is 24.3 Å². The summed E-state index contributed by atoms with van der Waals surface area (Å²) in [5.74, 6) is -0.0714. The van der Waals surface area contributed by atoms with Crippen LogP contribution in [-0.4, -0.2) is 11.6 Å². The summed E-state index contributed by atoms with van der Waals surface area (Å²) >= 11 is 0. The van der Waals surface area contributed by atoms with Gasteiger partial charge in [0.25, 0.3) is 0 Å². The third-order valence-corrected chi connectivity index (χ3v) is 6.81. The molecule has 0 amide bonds. The zero-order chi connectivity index (χ0) is 27.2. The fourth-order valence-corrected chi connectivity index (χ4v) is 4.97. The van der Waals surface area contributed by atoms with Crippen molar-refractivity contribution in [2.45, 2.75) is 6.92 Å². The van der Waals surface area contributed by atoms with E-state index in [9.17, 15) is 9.59 Å². The van der Waals surface area contributed by atoms with Crippen LogP contribution in [0, 0.1) is 0 Å². The number of Topliss-reactive ketones (excluding diaryl/α,β-unsaturated/α-hetero) is 2. The van der Waals surface area contributed by atoms with E-state index in [1.807, 2.05) is 122 Å². The highest BCUT2D eigenvalue weighted by atomic mass is 16.1. The Bertz CT molecular complexity index is 1650. The molecule has 39 heavy (non-hydrogen) atoms. The van der Waals surface area contributed by atoms with Crippen LogP contribution in [0.25, 0.3) is 22.3 Å². The highest BCUT2D eigenvalue weighted by Gasteiger charge is 2.35. The number of carbonyl (C=O) groups is 2. The average Bonchev–Trinajstić information content (AvgIpc) is 3.31. The second-order valence-electron chi connectivity index (χ2n) is 9.17. The maximum Gasteiger partial charge on any atom is 0.195 e. The summed E-state index contributed by atoms with van der Waals surface area (Å²) in [6, 6.07) is 37.3. The molecular weight excluding hydrogens is 476 g/mol. The smallest absolute Gasteiger partial charge is 0.195 e. The molecule has 0 aliphatic heterocycles. The fourth-order valence-electron chi connectivity index (χ4n) is 4.97. The molecule has 0 spiro atoms. The average molecular weight is 505 g/mol. The normalized spacial score (nSPS) is 13.9. The largest absolute Gasteiger partial charge is 0.289 e. The number of carbonyl (C=O) groups excluding carboxylic acids is 2. The molecule has 0 aromatic heterocycles. The molecule has 0 saturated heterocycles. The van der Waals surface area contributed by atoms with E-state index in [2.05, 4.69) is 6.58 Å². The minimum Gasteiger partial charge on any atom is -0.289 e. The van der Waals surface area contributed by atoms with Gasteiger partial charge in [-0.3, -0.25) is 9.59 Å². The first-order valence-corrected chi connectivity index (χ1v) is 12.9. The van der Waals surface area contributed by atoms with E-state index in [-0.39, 0.29) is 11.6 Å². The molecule has 2 heteroatoms. The Labute approximate surface area is 229 Å². The van der Waals surface area contributed by atoms with Gasteiger partial charge < -0.3 is 0 Å². The molecule has 0 bridgehead atoms. The van der Waals surface area contributed by atoms with Crippen molar-refractivity contribution in [2.24, 2.45) is 0 Å². The Balaban J connectivity index is 1.73. The van der Waals surface area contributed by atoms with Gasteiger partial charge in [0, 0.05) is 33.4 Å². The second kappa shape index (κ2) is 11.5. The van der Waals surface area contributed by atoms with Gasteiger partial charge in [-0.15, -0.1) is 0 Å². The van der Waals surface area contributed by atoms with Crippen LogP contribution in [0.4, 0.5) is 0 Å². The first-order chi connectivity index (χ1) is 19.1. The van der Waals surface area contributed by atoms with Gasteiger partial charge in [0.05, 0.1) is 0 Å². The molecule has 0 saturated carbocycles. The lowest BCUT2D eigenvalue weighted by Gasteiger charge is -2.14. The maximum atomic E-state index is 14.3. The molecule has 0 N–H and O–H groups in total. The van der Waals surface area contributed by atoms with Crippen LogP contribution in [-0.2, 0) is 4.79 Å². The van der Waals surface area contributed by atoms with Gasteiger partial charge in [0.1, 0.15) is 0 Å². The molecule has 0 atom stereocenters. The van der Waals surface area contributed by atoms with Crippen molar-refractivity contribution in [1.82, 2.24) is 0 Å². The lowest BCUT2D eigenvalue weighted by molar-refractivity contribution is -0.108. The van der Waals surface area contributed by atoms with Crippen LogP contribution in [0.3, 0.4) is 0 Å². The van der Waals surface area contributed by atoms with Gasteiger partial charge in [-0.1, -0.05) is 146 Å². The van der Waals surface area contributed by atoms with Crippen LogP contribution in [0.15, 0.2) is 152 Å². The Morgan fingerprint density at radius 2 is 1.00 bits per heavy atom. The van der Waals surface area contributed by atoms with E-state index in [0.29, 0.717) is 22.3 Å². The number of hydrogen-bond acceptors (Lipinski definition) is 2. The Morgan fingerprint density at radius 3 is 1.41 bits per heavy atom. The summed E-state index contributed by atoms with van der Waals surface area (Å²) < 4.78 is 0. The summed E-state index contributed by atoms with van der Waals surface area (Å²) in [6.07, 6.45) is 6.96. The van der Waals surface area contributed by atoms with Gasteiger partial charge >= 0.3 is 0 Å². The zero-order valence-electron chi connectivity index (χ0n) is 21.8. The summed E-state index contributed by atoms with van der Waals surface area (Å²) in [5.41, 5.74) is 7.88. The highest BCUT2D eigenvalue weighted by molar-refractivity contribution is 6.59. The van der Waals surface area contributed by atoms with Crippen molar-refractivity contribution in [2.75, 3.05) is 0 Å². The summed E-state index contributed by atoms with van der Waals surface area (Å²) in [6.45, 7) is 5.54. The van der Waals surface area contributed by atoms with Crippen LogP contribution in [0.5, 0.6) is 0 Å². The molecule has 188 valence electrons. The standard InChI is InChI=1S/C37H28O2/c1-3-5-15-26(4-2)36(38)31-24-22-30(23-25-31)33-32(27-16-9-6-10-17-27)34(28-18-11-7-12-19-28)37(39)35(33)29-20-13-8-14-21-29/h3-25H,1H2,2H3/b15-5-,26-4+. The fraction of sp³-hybridized carbons (Fsp3) is 0.0270. The number of ketones is 2. The van der Waals surface area contributed by atoms with Crippen LogP contribution < -0.4 is 0 Å². The number of allylic oxidation sites excluding steroid dienone is 9. The van der Waals surface area contributed by atoms with Crippen molar-refractivity contribution >= 4 is 33.9 Å². The van der Waals surface area contributed by atoms with Crippen molar-refractivity contribution < 1.29 is 9.59 Å². The van der Waals surface area contributed by atoms with Gasteiger partial charge in [-0.05, 0) is 29.2 Å². The molecule has 4 aromatic rings. The molecule has 1 aliphatic rings. The van der Waals surface area contributed by atoms with E-state index in [0.717, 1.165) is 33.4 Å². The molecular formula is C37H28O2. The number of hydrogen-bond donors (Lipinski definition) is 0. The first-order valence-electron chi connectivity index (χ1n) is 12.9. The molecule has 0 fully saturated rings. The number of rotatable bonds is 8. The van der Waals surface area contributed by atoms with E-state index in [4.69, 9.17) is 0 Å². The minimum atomic E-state index is -0.0642. The predicted molar refractivity (Wildman–Crippen MR) is 162 cm³/mol. The predicted octanol–water partition coefficient (Wildman–Crippen LogP) is 8.66. The van der Waals surface area contributed by atoms with E-state index < -0.39 is 0 Å². The van der Waals surface area contributed by atoms with Gasteiger partial charge in [0.15, 0.2) is 11.6 Å². The van der Waals surface area contributed by atoms with Crippen molar-refractivity contribution in [3.63, 3.8) is 0 Å². The van der Waals surface area contributed by atoms with Crippen LogP contribution >= 0.6 is 0 Å². The summed E-state index contributed by atoms with van der Waals surface area (Å²) in [7, 11) is 0. The monoisotopic (exact) mass is 504 g/mol. The molecule has 5 rings (SSSR count). The van der Waals surface area contributed by atoms with Crippen molar-refractivity contribution in [3.8, 4) is 0 Å². The molecule has 1 aliphatic carbocycles. The third kappa shape index (κ3) is 5.05. The van der Waals surface area contributed by atoms with E-state index >= 15 is 0 Å². The van der Waals surface area contributed by atoms with Crippen LogP contribution in [0.1, 0.15) is 39.5 Å². The molecule has 2 nitrogen and oxygen atoms in total. The maximum absolute atomic E-state index is 14.3. The van der Waals surface area contributed by atoms with Crippen molar-refractivity contribution in [1.29, 1.82) is 0 Å². The third-order valence-electron chi connectivity index (χ3n) is 6.81. The molecule has 0 radical (unpaired) electrons. The molecule has 0 unspecified atom stereocenters. The van der Waals surface area contributed by atoms with Gasteiger partial charge in [-0.2, -0.15) is 0 Å². The van der Waals surface area contributed by atoms with Gasteiger partial charge in [-0.25, -0.2) is 0 Å². The lowest BCUT2D eigenvalue weighted by Crippen LogP contribution is -2.02. The summed E-state index contributed by atoms with van der Waals surface area (Å²) in [4.78, 5) is 27.4. The second-order valence-corrected chi connectivity index (χ2v) is 9.17.